The molecule has 0 atom stereocenters. The Morgan fingerprint density at radius 3 is 1.14 bits per heavy atom. The molecule has 0 saturated carbocycles. The average molecular weight is 414 g/mol. The molecule has 0 heterocycles. The maximum atomic E-state index is 10.2. The van der Waals surface area contributed by atoms with Crippen LogP contribution in [0.3, 0.4) is 0 Å². The Kier molecular flexibility index (Phi) is 30.0. The topological polar surface area (TPSA) is 40.1 Å². The summed E-state index contributed by atoms with van der Waals surface area (Å²) in [4.78, 5) is 10.2. The zero-order valence-electron chi connectivity index (χ0n) is 15.0. The molecule has 120 valence electrons. The van der Waals surface area contributed by atoms with Crippen LogP contribution in [0.4, 0.5) is 0 Å². The van der Waals surface area contributed by atoms with Gasteiger partial charge in [0.05, 0.1) is 0 Å². The minimum Gasteiger partial charge on any atom is -0.550 e. The summed E-state index contributed by atoms with van der Waals surface area (Å²) in [5, 5.41) is 10.2. The van der Waals surface area contributed by atoms with Gasteiger partial charge in [0.2, 0.25) is 0 Å². The summed E-state index contributed by atoms with van der Waals surface area (Å²) >= 11 is 0. The van der Waals surface area contributed by atoms with Crippen LogP contribution in [0, 0.1) is 0 Å². The molecule has 0 amide bonds. The average Bonchev–Trinajstić information content (AvgIpc) is 2.43. The Bertz CT molecular complexity index is 211. The fourth-order valence-electron chi connectivity index (χ4n) is 2.64. The van der Waals surface area contributed by atoms with E-state index < -0.39 is 5.97 Å². The van der Waals surface area contributed by atoms with E-state index in [2.05, 4.69) is 6.92 Å². The molecule has 0 aliphatic heterocycles. The van der Waals surface area contributed by atoms with E-state index in [4.69, 9.17) is 0 Å². The summed E-state index contributed by atoms with van der Waals surface area (Å²) in [5.74, 6) is -0.903. The Hall–Kier alpha value is 0.717. The quantitative estimate of drug-likeness (QED) is 0.264. The van der Waals surface area contributed by atoms with Gasteiger partial charge in [0.15, 0.2) is 0 Å². The first-order valence-electron chi connectivity index (χ1n) is 8.97. The second-order valence-electron chi connectivity index (χ2n) is 6.07. The molecule has 0 aliphatic carbocycles. The van der Waals surface area contributed by atoms with Crippen molar-refractivity contribution in [3.63, 3.8) is 0 Å². The van der Waals surface area contributed by atoms with Crippen LogP contribution in [0.25, 0.3) is 0 Å². The van der Waals surface area contributed by atoms with Crippen molar-refractivity contribution in [1.82, 2.24) is 0 Å². The number of carbonyl (C=O) groups is 1. The van der Waals surface area contributed by atoms with Gasteiger partial charge in [0.25, 0.3) is 0 Å². The summed E-state index contributed by atoms with van der Waals surface area (Å²) in [6.07, 6.45) is 19.9. The minimum absolute atomic E-state index is 0. The van der Waals surface area contributed by atoms with E-state index in [-0.39, 0.29) is 45.4 Å². The number of hydrogen-bond acceptors (Lipinski definition) is 2. The maximum Gasteiger partial charge on any atom is 2.00 e. The van der Waals surface area contributed by atoms with Gasteiger partial charge < -0.3 is 9.90 Å². The van der Waals surface area contributed by atoms with Crippen LogP contribution >= 0.6 is 0 Å². The first-order valence-corrected chi connectivity index (χ1v) is 8.97. The molecule has 0 aliphatic rings. The number of hydrogen-bond donors (Lipinski definition) is 0. The monoisotopic (exact) mass is 411 g/mol. The predicted octanol–water partition coefficient (Wildman–Crippen LogP) is 4.99. The molecule has 2 nitrogen and oxygen atoms in total. The van der Waals surface area contributed by atoms with Gasteiger partial charge >= 0.3 is 39.0 Å². The largest absolute Gasteiger partial charge is 2.00 e. The zero-order valence-corrected chi connectivity index (χ0v) is 21.0. The summed E-state index contributed by atoms with van der Waals surface area (Å²) < 4.78 is 0. The zero-order chi connectivity index (χ0) is 14.9. The Labute approximate surface area is 164 Å². The van der Waals surface area contributed by atoms with E-state index in [0.717, 1.165) is 12.8 Å². The number of carboxylic acids is 1. The van der Waals surface area contributed by atoms with Crippen molar-refractivity contribution in [2.45, 2.75) is 110 Å². The molecule has 0 aromatic rings. The third kappa shape index (κ3) is 25.7. The van der Waals surface area contributed by atoms with Crippen LogP contribution in [0.2, 0.25) is 0 Å². The number of carboxylic acid groups (broad SMARTS) is 1. The van der Waals surface area contributed by atoms with E-state index >= 15 is 0 Å². The molecular formula is C18H35O2Zn2+3. The first-order chi connectivity index (χ1) is 9.77. The van der Waals surface area contributed by atoms with Crippen molar-refractivity contribution in [3.8, 4) is 0 Å². The number of carbonyl (C=O) groups excluding carboxylic acids is 1. The van der Waals surface area contributed by atoms with E-state index in [9.17, 15) is 9.90 Å². The molecule has 0 radical (unpaired) electrons. The van der Waals surface area contributed by atoms with Gasteiger partial charge in [0.1, 0.15) is 0 Å². The molecule has 0 aromatic carbocycles. The smallest absolute Gasteiger partial charge is 0.550 e. The molecule has 0 aromatic heterocycles. The third-order valence-electron chi connectivity index (χ3n) is 3.98. The molecule has 0 rings (SSSR count). The second kappa shape index (κ2) is 24.0. The van der Waals surface area contributed by atoms with Crippen LogP contribution in [-0.2, 0) is 43.8 Å². The van der Waals surface area contributed by atoms with Crippen LogP contribution in [0.15, 0.2) is 0 Å². The molecule has 0 saturated heterocycles. The van der Waals surface area contributed by atoms with Crippen molar-refractivity contribution in [3.05, 3.63) is 0 Å². The summed E-state index contributed by atoms with van der Waals surface area (Å²) in [6, 6.07) is 0. The van der Waals surface area contributed by atoms with Crippen molar-refractivity contribution >= 4 is 5.97 Å². The van der Waals surface area contributed by atoms with E-state index in [1.165, 1.54) is 83.5 Å². The third-order valence-corrected chi connectivity index (χ3v) is 3.98. The van der Waals surface area contributed by atoms with Gasteiger partial charge in [-0.15, -0.1) is 0 Å². The van der Waals surface area contributed by atoms with Gasteiger partial charge in [-0.1, -0.05) is 96.8 Å². The predicted molar refractivity (Wildman–Crippen MR) is 84.6 cm³/mol. The molecule has 4 heteroatoms. The summed E-state index contributed by atoms with van der Waals surface area (Å²) in [5.41, 5.74) is 0. The molecule has 0 bridgehead atoms. The summed E-state index contributed by atoms with van der Waals surface area (Å²) in [6.45, 7) is 2.27. The van der Waals surface area contributed by atoms with Crippen molar-refractivity contribution in [1.29, 1.82) is 0 Å². The number of aliphatic carboxylic acids is 1. The van der Waals surface area contributed by atoms with Crippen molar-refractivity contribution < 1.29 is 48.9 Å². The molecule has 0 unspecified atom stereocenters. The fourth-order valence-corrected chi connectivity index (χ4v) is 2.64. The fraction of sp³-hybridized carbons (Fsp3) is 0.944. The Balaban J connectivity index is -0.00000180. The van der Waals surface area contributed by atoms with Gasteiger partial charge in [-0.3, -0.25) is 0 Å². The van der Waals surface area contributed by atoms with Crippen LogP contribution in [0.1, 0.15) is 110 Å². The van der Waals surface area contributed by atoms with E-state index in [1.54, 1.807) is 0 Å². The van der Waals surface area contributed by atoms with Crippen molar-refractivity contribution in [2.24, 2.45) is 0 Å². The van der Waals surface area contributed by atoms with Crippen LogP contribution in [-0.4, -0.2) is 5.97 Å². The second-order valence-corrected chi connectivity index (χ2v) is 6.07. The Morgan fingerprint density at radius 1 is 0.591 bits per heavy atom. The first kappa shape index (κ1) is 27.6. The van der Waals surface area contributed by atoms with Crippen LogP contribution < -0.4 is 5.11 Å². The standard InChI is InChI=1S/C18H36O2.2Zn/c1-2-3-4-5-6-7-8-9-10-11-12-13-14-15-16-17-18(19)20;;/h2-17H2,1H3,(H,19,20);;/q;2*+2/p-1. The molecule has 22 heavy (non-hydrogen) atoms. The minimum atomic E-state index is -0.903. The molecule has 0 fully saturated rings. The van der Waals surface area contributed by atoms with E-state index in [1.807, 2.05) is 0 Å². The molecular weight excluding hydrogens is 379 g/mol. The van der Waals surface area contributed by atoms with Crippen LogP contribution in [0.5, 0.6) is 0 Å². The number of rotatable bonds is 16. The molecule has 0 spiro atoms. The van der Waals surface area contributed by atoms with Crippen molar-refractivity contribution in [2.75, 3.05) is 0 Å². The normalized spacial score (nSPS) is 9.86. The Morgan fingerprint density at radius 2 is 0.864 bits per heavy atom. The van der Waals surface area contributed by atoms with Gasteiger partial charge in [-0.2, -0.15) is 0 Å². The summed E-state index contributed by atoms with van der Waals surface area (Å²) in [7, 11) is 0. The SMILES string of the molecule is CCCCCCCCCCCCCCCCCC(=O)[O-].[Zn+2].[Zn+2]. The van der Waals surface area contributed by atoms with Gasteiger partial charge in [-0.05, 0) is 12.8 Å². The van der Waals surface area contributed by atoms with E-state index in [0.29, 0.717) is 0 Å². The molecule has 0 N–H and O–H groups in total. The van der Waals surface area contributed by atoms with Gasteiger partial charge in [-0.25, -0.2) is 0 Å². The number of unbranched alkanes of at least 4 members (excludes halogenated alkanes) is 14. The maximum absolute atomic E-state index is 10.2. The van der Waals surface area contributed by atoms with Gasteiger partial charge in [0, 0.05) is 5.97 Å².